The maximum Gasteiger partial charge on any atom is 0.249 e. The van der Waals surface area contributed by atoms with Gasteiger partial charge in [0.15, 0.2) is 0 Å². The topological polar surface area (TPSA) is 32.7 Å². The summed E-state index contributed by atoms with van der Waals surface area (Å²) in [5.41, 5.74) is 5.31. The first-order chi connectivity index (χ1) is 14.6. The minimum absolute atomic E-state index is 0.0220. The Hall–Kier alpha value is -2.31. The van der Waals surface area contributed by atoms with E-state index in [1.54, 1.807) is 23.5 Å². The number of hydrogen-bond donors (Lipinski definition) is 0. The summed E-state index contributed by atoms with van der Waals surface area (Å²) in [5.74, 6) is -0.291. The van der Waals surface area contributed by atoms with Gasteiger partial charge in [-0.05, 0) is 61.1 Å². The van der Waals surface area contributed by atoms with Crippen molar-refractivity contribution >= 4 is 43.9 Å². The number of halogens is 2. The van der Waals surface area contributed by atoms with Crippen molar-refractivity contribution in [3.8, 4) is 0 Å². The summed E-state index contributed by atoms with van der Waals surface area (Å²) in [6.07, 6.45) is 4.42. The SMILES string of the molecule is O=C1CN=C(c2ccc(Br)cc2)c2c(sc3c2CCCC3)N1Cc1ccc(F)cc1. The third-order valence-electron chi connectivity index (χ3n) is 5.68. The lowest BCUT2D eigenvalue weighted by Gasteiger charge is -2.21. The summed E-state index contributed by atoms with van der Waals surface area (Å²) in [7, 11) is 0. The van der Waals surface area contributed by atoms with Crippen molar-refractivity contribution in [1.82, 2.24) is 0 Å². The summed E-state index contributed by atoms with van der Waals surface area (Å²) in [6, 6.07) is 14.5. The van der Waals surface area contributed by atoms with Gasteiger partial charge in [-0.25, -0.2) is 4.39 Å². The molecule has 0 N–H and O–H groups in total. The number of fused-ring (bicyclic) bond motifs is 3. The van der Waals surface area contributed by atoms with Crippen LogP contribution >= 0.6 is 27.3 Å². The molecule has 0 fully saturated rings. The Morgan fingerprint density at radius 3 is 2.53 bits per heavy atom. The Balaban J connectivity index is 1.64. The Morgan fingerprint density at radius 1 is 1.03 bits per heavy atom. The molecule has 0 saturated heterocycles. The van der Waals surface area contributed by atoms with Gasteiger partial charge in [-0.2, -0.15) is 0 Å². The third kappa shape index (κ3) is 3.63. The first-order valence-corrected chi connectivity index (χ1v) is 11.7. The Kier molecular flexibility index (Phi) is 5.29. The molecule has 1 aliphatic carbocycles. The highest BCUT2D eigenvalue weighted by atomic mass is 79.9. The first kappa shape index (κ1) is 19.6. The fraction of sp³-hybridized carbons (Fsp3) is 0.250. The highest BCUT2D eigenvalue weighted by Gasteiger charge is 2.32. The number of thiophene rings is 1. The lowest BCUT2D eigenvalue weighted by Crippen LogP contribution is -2.31. The van der Waals surface area contributed by atoms with Gasteiger partial charge in [0.2, 0.25) is 5.91 Å². The van der Waals surface area contributed by atoms with E-state index >= 15 is 0 Å². The number of benzene rings is 2. The van der Waals surface area contributed by atoms with Crippen LogP contribution in [0.25, 0.3) is 0 Å². The van der Waals surface area contributed by atoms with Crippen LogP contribution in [0.2, 0.25) is 0 Å². The van der Waals surface area contributed by atoms with Gasteiger partial charge < -0.3 is 0 Å². The van der Waals surface area contributed by atoms with E-state index in [1.807, 2.05) is 17.0 Å². The van der Waals surface area contributed by atoms with Crippen LogP contribution in [0.15, 0.2) is 58.0 Å². The summed E-state index contributed by atoms with van der Waals surface area (Å²) >= 11 is 5.23. The number of carbonyl (C=O) groups excluding carboxylic acids is 1. The van der Waals surface area contributed by atoms with E-state index < -0.39 is 0 Å². The van der Waals surface area contributed by atoms with Crippen molar-refractivity contribution in [3.63, 3.8) is 0 Å². The highest BCUT2D eigenvalue weighted by Crippen LogP contribution is 2.43. The van der Waals surface area contributed by atoms with Crippen molar-refractivity contribution in [2.75, 3.05) is 11.4 Å². The maximum atomic E-state index is 13.4. The molecule has 0 atom stereocenters. The van der Waals surface area contributed by atoms with E-state index in [1.165, 1.54) is 29.0 Å². The predicted octanol–water partition coefficient (Wildman–Crippen LogP) is 5.91. The van der Waals surface area contributed by atoms with E-state index in [0.717, 1.165) is 51.1 Å². The third-order valence-corrected chi connectivity index (χ3v) is 7.52. The molecule has 0 spiro atoms. The average molecular weight is 483 g/mol. The molecule has 3 nitrogen and oxygen atoms in total. The molecule has 152 valence electrons. The van der Waals surface area contributed by atoms with Gasteiger partial charge in [-0.3, -0.25) is 14.7 Å². The van der Waals surface area contributed by atoms with Crippen LogP contribution in [-0.2, 0) is 24.2 Å². The van der Waals surface area contributed by atoms with Crippen LogP contribution in [0.4, 0.5) is 9.39 Å². The zero-order chi connectivity index (χ0) is 20.7. The molecule has 0 bridgehead atoms. The molecule has 2 aromatic carbocycles. The largest absolute Gasteiger partial charge is 0.297 e. The Labute approximate surface area is 187 Å². The molecule has 1 aliphatic heterocycles. The van der Waals surface area contributed by atoms with Crippen LogP contribution in [0.3, 0.4) is 0 Å². The zero-order valence-corrected chi connectivity index (χ0v) is 18.7. The molecule has 1 amide bonds. The maximum absolute atomic E-state index is 13.4. The molecule has 3 aromatic rings. The summed E-state index contributed by atoms with van der Waals surface area (Å²) < 4.78 is 14.4. The van der Waals surface area contributed by atoms with Gasteiger partial charge in [0.05, 0.1) is 12.3 Å². The molecular formula is C24H20BrFN2OS. The van der Waals surface area contributed by atoms with Gasteiger partial charge in [0.25, 0.3) is 0 Å². The minimum Gasteiger partial charge on any atom is -0.297 e. The number of aliphatic imine (C=N–C) groups is 1. The smallest absolute Gasteiger partial charge is 0.249 e. The van der Waals surface area contributed by atoms with E-state index in [9.17, 15) is 9.18 Å². The number of rotatable bonds is 3. The number of amides is 1. The van der Waals surface area contributed by atoms with E-state index in [0.29, 0.717) is 6.54 Å². The van der Waals surface area contributed by atoms with Gasteiger partial charge in [-0.1, -0.05) is 40.2 Å². The van der Waals surface area contributed by atoms with Crippen LogP contribution < -0.4 is 4.90 Å². The summed E-state index contributed by atoms with van der Waals surface area (Å²) in [6.45, 7) is 0.539. The number of aryl methyl sites for hydroxylation is 1. The normalized spacial score (nSPS) is 16.0. The number of hydrogen-bond acceptors (Lipinski definition) is 3. The monoisotopic (exact) mass is 482 g/mol. The quantitative estimate of drug-likeness (QED) is 0.456. The first-order valence-electron chi connectivity index (χ1n) is 10.1. The minimum atomic E-state index is -0.269. The van der Waals surface area contributed by atoms with E-state index in [4.69, 9.17) is 4.99 Å². The Bertz CT molecular complexity index is 1140. The van der Waals surface area contributed by atoms with Crippen LogP contribution in [-0.4, -0.2) is 18.2 Å². The van der Waals surface area contributed by atoms with Crippen LogP contribution in [0.5, 0.6) is 0 Å². The van der Waals surface area contributed by atoms with E-state index in [-0.39, 0.29) is 18.3 Å². The van der Waals surface area contributed by atoms with Crippen molar-refractivity contribution < 1.29 is 9.18 Å². The second-order valence-corrected chi connectivity index (χ2v) is 9.67. The van der Waals surface area contributed by atoms with Crippen molar-refractivity contribution in [3.05, 3.63) is 86.0 Å². The molecule has 30 heavy (non-hydrogen) atoms. The summed E-state index contributed by atoms with van der Waals surface area (Å²) in [4.78, 5) is 21.1. The average Bonchev–Trinajstić information content (AvgIpc) is 3.07. The molecule has 0 radical (unpaired) electrons. The second-order valence-electron chi connectivity index (χ2n) is 7.67. The van der Waals surface area contributed by atoms with Gasteiger partial charge >= 0.3 is 0 Å². The van der Waals surface area contributed by atoms with Crippen molar-refractivity contribution in [2.24, 2.45) is 4.99 Å². The van der Waals surface area contributed by atoms with E-state index in [2.05, 4.69) is 28.1 Å². The molecule has 6 heteroatoms. The molecule has 5 rings (SSSR count). The molecule has 0 unspecified atom stereocenters. The van der Waals surface area contributed by atoms with Crippen molar-refractivity contribution in [2.45, 2.75) is 32.2 Å². The van der Waals surface area contributed by atoms with Gasteiger partial charge in [-0.15, -0.1) is 11.3 Å². The lowest BCUT2D eigenvalue weighted by atomic mass is 9.91. The van der Waals surface area contributed by atoms with Crippen LogP contribution in [0.1, 0.15) is 40.0 Å². The highest BCUT2D eigenvalue weighted by molar-refractivity contribution is 9.10. The standard InChI is InChI=1S/C24H20BrFN2OS/c25-17-9-7-16(8-10-17)23-22-19-3-1-2-4-20(19)30-24(22)28(21(29)13-27-23)14-15-5-11-18(26)12-6-15/h5-12H,1-4,13-14H2. The molecule has 2 aliphatic rings. The van der Waals surface area contributed by atoms with Crippen LogP contribution in [0, 0.1) is 5.82 Å². The molecular weight excluding hydrogens is 463 g/mol. The van der Waals surface area contributed by atoms with Crippen molar-refractivity contribution in [1.29, 1.82) is 0 Å². The second kappa shape index (κ2) is 8.08. The predicted molar refractivity (Wildman–Crippen MR) is 123 cm³/mol. The summed E-state index contributed by atoms with van der Waals surface area (Å²) in [5, 5.41) is 0.982. The van der Waals surface area contributed by atoms with Gasteiger partial charge in [0, 0.05) is 20.5 Å². The molecule has 2 heterocycles. The lowest BCUT2D eigenvalue weighted by molar-refractivity contribution is -0.117. The Morgan fingerprint density at radius 2 is 1.77 bits per heavy atom. The number of nitrogens with zero attached hydrogens (tertiary/aromatic N) is 2. The number of anilines is 1. The number of carbonyl (C=O) groups is 1. The fourth-order valence-electron chi connectivity index (χ4n) is 4.19. The zero-order valence-electron chi connectivity index (χ0n) is 16.3. The molecule has 1 aromatic heterocycles. The molecule has 0 saturated carbocycles. The fourth-order valence-corrected chi connectivity index (χ4v) is 5.86. The van der Waals surface area contributed by atoms with Gasteiger partial charge in [0.1, 0.15) is 17.4 Å².